The second-order valence-corrected chi connectivity index (χ2v) is 4.55. The highest BCUT2D eigenvalue weighted by atomic mass is 16.1. The molecule has 14 heavy (non-hydrogen) atoms. The van der Waals surface area contributed by atoms with E-state index in [4.69, 9.17) is 5.73 Å². The van der Waals surface area contributed by atoms with Gasteiger partial charge in [0.25, 0.3) is 0 Å². The predicted octanol–water partition coefficient (Wildman–Crippen LogP) is 1.58. The summed E-state index contributed by atoms with van der Waals surface area (Å²) in [6.07, 6.45) is 1.67. The lowest BCUT2D eigenvalue weighted by Crippen LogP contribution is -2.43. The number of nitrogens with two attached hydrogens (primary N) is 1. The van der Waals surface area contributed by atoms with Gasteiger partial charge >= 0.3 is 0 Å². The van der Waals surface area contributed by atoms with Crippen molar-refractivity contribution in [2.45, 2.75) is 52.1 Å². The molecule has 0 aromatic heterocycles. The molecule has 0 radical (unpaired) electrons. The van der Waals surface area contributed by atoms with Crippen LogP contribution >= 0.6 is 0 Å². The molecule has 0 saturated heterocycles. The van der Waals surface area contributed by atoms with Gasteiger partial charge in [-0.05, 0) is 33.6 Å². The number of hydrogen-bond donors (Lipinski definition) is 2. The Kier molecular flexibility index (Phi) is 4.85. The Morgan fingerprint density at radius 3 is 2.36 bits per heavy atom. The summed E-state index contributed by atoms with van der Waals surface area (Å²) in [6, 6.07) is 0.138. The smallest absolute Gasteiger partial charge is 0.246 e. The highest BCUT2D eigenvalue weighted by Crippen LogP contribution is 2.10. The highest BCUT2D eigenvalue weighted by molar-refractivity contribution is 5.92. The van der Waals surface area contributed by atoms with Crippen LogP contribution in [-0.4, -0.2) is 17.5 Å². The molecule has 3 heteroatoms. The van der Waals surface area contributed by atoms with Gasteiger partial charge in [-0.2, -0.15) is 0 Å². The van der Waals surface area contributed by atoms with Gasteiger partial charge in [-0.3, -0.25) is 4.79 Å². The van der Waals surface area contributed by atoms with Crippen molar-refractivity contribution in [3.8, 4) is 0 Å². The van der Waals surface area contributed by atoms with Crippen molar-refractivity contribution in [1.29, 1.82) is 0 Å². The van der Waals surface area contributed by atoms with E-state index in [2.05, 4.69) is 11.9 Å². The van der Waals surface area contributed by atoms with E-state index >= 15 is 0 Å². The number of rotatable bonds is 5. The maximum atomic E-state index is 11.3. The van der Waals surface area contributed by atoms with Crippen molar-refractivity contribution < 1.29 is 4.79 Å². The molecule has 0 rings (SSSR count). The average molecular weight is 198 g/mol. The number of hydrogen-bond acceptors (Lipinski definition) is 2. The van der Waals surface area contributed by atoms with Crippen molar-refractivity contribution in [2.75, 3.05) is 0 Å². The zero-order valence-corrected chi connectivity index (χ0v) is 9.68. The van der Waals surface area contributed by atoms with Gasteiger partial charge in [0.1, 0.15) is 0 Å². The fourth-order valence-electron chi connectivity index (χ4n) is 1.24. The fourth-order valence-corrected chi connectivity index (χ4v) is 1.24. The second kappa shape index (κ2) is 5.15. The van der Waals surface area contributed by atoms with Gasteiger partial charge in [0.15, 0.2) is 0 Å². The van der Waals surface area contributed by atoms with E-state index in [1.165, 1.54) is 0 Å². The molecule has 3 nitrogen and oxygen atoms in total. The minimum Gasteiger partial charge on any atom is -0.350 e. The molecule has 1 unspecified atom stereocenters. The van der Waals surface area contributed by atoms with Crippen molar-refractivity contribution in [3.63, 3.8) is 0 Å². The summed E-state index contributed by atoms with van der Waals surface area (Å²) >= 11 is 0. The van der Waals surface area contributed by atoms with E-state index in [0.717, 1.165) is 12.8 Å². The molecular formula is C11H22N2O. The van der Waals surface area contributed by atoms with E-state index in [1.54, 1.807) is 6.92 Å². The SMILES string of the molecule is C=C(C)C(=O)NC(CC)CC(C)(C)N. The van der Waals surface area contributed by atoms with Crippen LogP contribution in [0, 0.1) is 0 Å². The molecule has 82 valence electrons. The maximum Gasteiger partial charge on any atom is 0.246 e. The predicted molar refractivity (Wildman–Crippen MR) is 59.9 cm³/mol. The van der Waals surface area contributed by atoms with Crippen LogP contribution < -0.4 is 11.1 Å². The van der Waals surface area contributed by atoms with Crippen LogP contribution in [0.2, 0.25) is 0 Å². The largest absolute Gasteiger partial charge is 0.350 e. The van der Waals surface area contributed by atoms with Gasteiger partial charge in [0.2, 0.25) is 5.91 Å². The average Bonchev–Trinajstić information content (AvgIpc) is 2.00. The van der Waals surface area contributed by atoms with Crippen LogP contribution in [0.1, 0.15) is 40.5 Å². The third-order valence-corrected chi connectivity index (χ3v) is 1.99. The molecule has 0 fully saturated rings. The Bertz CT molecular complexity index is 216. The van der Waals surface area contributed by atoms with E-state index in [1.807, 2.05) is 20.8 Å². The van der Waals surface area contributed by atoms with Gasteiger partial charge in [-0.15, -0.1) is 0 Å². The fraction of sp³-hybridized carbons (Fsp3) is 0.727. The summed E-state index contributed by atoms with van der Waals surface area (Å²) in [4.78, 5) is 11.3. The van der Waals surface area contributed by atoms with Crippen molar-refractivity contribution >= 4 is 5.91 Å². The lowest BCUT2D eigenvalue weighted by molar-refractivity contribution is -0.118. The Morgan fingerprint density at radius 2 is 2.07 bits per heavy atom. The first-order valence-electron chi connectivity index (χ1n) is 5.01. The maximum absolute atomic E-state index is 11.3. The van der Waals surface area contributed by atoms with E-state index in [9.17, 15) is 4.79 Å². The summed E-state index contributed by atoms with van der Waals surface area (Å²) in [5.41, 5.74) is 6.18. The van der Waals surface area contributed by atoms with Crippen molar-refractivity contribution in [1.82, 2.24) is 5.32 Å². The monoisotopic (exact) mass is 198 g/mol. The number of amides is 1. The molecule has 0 aliphatic heterocycles. The van der Waals surface area contributed by atoms with E-state index in [-0.39, 0.29) is 17.5 Å². The molecule has 0 saturated carbocycles. The molecule has 0 aromatic carbocycles. The van der Waals surface area contributed by atoms with Gasteiger partial charge in [-0.1, -0.05) is 13.5 Å². The molecular weight excluding hydrogens is 176 g/mol. The Labute approximate surface area is 86.8 Å². The van der Waals surface area contributed by atoms with Gasteiger partial charge in [0.05, 0.1) is 0 Å². The first-order chi connectivity index (χ1) is 6.26. The van der Waals surface area contributed by atoms with Crippen LogP contribution in [0.15, 0.2) is 12.2 Å². The lowest BCUT2D eigenvalue weighted by atomic mass is 9.95. The number of carbonyl (C=O) groups is 1. The van der Waals surface area contributed by atoms with Gasteiger partial charge < -0.3 is 11.1 Å². The number of carbonyl (C=O) groups excluding carboxylic acids is 1. The van der Waals surface area contributed by atoms with Crippen LogP contribution in [0.25, 0.3) is 0 Å². The molecule has 1 atom stereocenters. The molecule has 0 bridgehead atoms. The second-order valence-electron chi connectivity index (χ2n) is 4.55. The summed E-state index contributed by atoms with van der Waals surface area (Å²) in [5, 5.41) is 2.90. The van der Waals surface area contributed by atoms with E-state index in [0.29, 0.717) is 5.57 Å². The molecule has 1 amide bonds. The molecule has 0 aliphatic carbocycles. The Hall–Kier alpha value is -0.830. The minimum atomic E-state index is -0.247. The highest BCUT2D eigenvalue weighted by Gasteiger charge is 2.19. The zero-order valence-electron chi connectivity index (χ0n) is 9.68. The summed E-state index contributed by atoms with van der Waals surface area (Å²) < 4.78 is 0. The minimum absolute atomic E-state index is 0.0823. The van der Waals surface area contributed by atoms with Crippen LogP contribution in [-0.2, 0) is 4.79 Å². The van der Waals surface area contributed by atoms with Crippen molar-refractivity contribution in [3.05, 3.63) is 12.2 Å². The van der Waals surface area contributed by atoms with Crippen LogP contribution in [0.3, 0.4) is 0 Å². The van der Waals surface area contributed by atoms with Gasteiger partial charge in [-0.25, -0.2) is 0 Å². The standard InChI is InChI=1S/C11H22N2O/c1-6-9(7-11(4,5)12)13-10(14)8(2)3/h9H,2,6-7,12H2,1,3-5H3,(H,13,14). The Morgan fingerprint density at radius 1 is 1.57 bits per heavy atom. The number of nitrogens with one attached hydrogen (secondary N) is 1. The normalized spacial score (nSPS) is 13.5. The lowest BCUT2D eigenvalue weighted by Gasteiger charge is -2.26. The molecule has 0 aliphatic rings. The molecule has 0 spiro atoms. The van der Waals surface area contributed by atoms with Gasteiger partial charge in [0, 0.05) is 17.2 Å². The first-order valence-corrected chi connectivity index (χ1v) is 5.01. The first kappa shape index (κ1) is 13.2. The van der Waals surface area contributed by atoms with E-state index < -0.39 is 0 Å². The topological polar surface area (TPSA) is 55.1 Å². The summed E-state index contributed by atoms with van der Waals surface area (Å²) in [7, 11) is 0. The third-order valence-electron chi connectivity index (χ3n) is 1.99. The molecule has 0 aromatic rings. The summed E-state index contributed by atoms with van der Waals surface area (Å²) in [5.74, 6) is -0.0823. The van der Waals surface area contributed by atoms with Crippen LogP contribution in [0.4, 0.5) is 0 Å². The van der Waals surface area contributed by atoms with Crippen LogP contribution in [0.5, 0.6) is 0 Å². The zero-order chi connectivity index (χ0) is 11.4. The molecule has 3 N–H and O–H groups in total. The quantitative estimate of drug-likeness (QED) is 0.659. The summed E-state index contributed by atoms with van der Waals surface area (Å²) in [6.45, 7) is 11.3. The van der Waals surface area contributed by atoms with Crippen molar-refractivity contribution in [2.24, 2.45) is 5.73 Å². The third kappa shape index (κ3) is 5.75. The molecule has 0 heterocycles. The Balaban J connectivity index is 4.17.